The van der Waals surface area contributed by atoms with Crippen molar-refractivity contribution in [2.45, 2.75) is 19.4 Å². The third-order valence-electron chi connectivity index (χ3n) is 2.02. The molecule has 0 aromatic carbocycles. The van der Waals surface area contributed by atoms with Crippen molar-refractivity contribution in [2.24, 2.45) is 0 Å². The van der Waals surface area contributed by atoms with Gasteiger partial charge in [-0.2, -0.15) is 0 Å². The Kier molecular flexibility index (Phi) is 3.39. The zero-order valence-electron chi connectivity index (χ0n) is 8.12. The molecule has 0 radical (unpaired) electrons. The topological polar surface area (TPSA) is 45.1 Å². The van der Waals surface area contributed by atoms with E-state index in [1.165, 1.54) is 0 Å². The minimum Gasteiger partial charge on any atom is -0.384 e. The predicted octanol–water partition coefficient (Wildman–Crippen LogP) is 0.899. The van der Waals surface area contributed by atoms with Crippen molar-refractivity contribution in [3.63, 3.8) is 0 Å². The Labute approximate surface area is 78.8 Å². The molecule has 3 nitrogen and oxygen atoms in total. The third kappa shape index (κ3) is 2.79. The number of aromatic nitrogens is 1. The van der Waals surface area contributed by atoms with Gasteiger partial charge in [0.05, 0.1) is 5.60 Å². The summed E-state index contributed by atoms with van der Waals surface area (Å²) in [7, 11) is 0. The molecular weight excluding hydrogens is 164 g/mol. The fourth-order valence-electron chi connectivity index (χ4n) is 1.18. The molecule has 1 unspecified atom stereocenters. The highest BCUT2D eigenvalue weighted by atomic mass is 16.3. The van der Waals surface area contributed by atoms with Gasteiger partial charge in [-0.05, 0) is 31.2 Å². The summed E-state index contributed by atoms with van der Waals surface area (Å²) in [4.78, 5) is 3.91. The van der Waals surface area contributed by atoms with Gasteiger partial charge in [-0.15, -0.1) is 0 Å². The minimum absolute atomic E-state index is 0.563. The first kappa shape index (κ1) is 10.2. The summed E-state index contributed by atoms with van der Waals surface area (Å²) in [5.74, 6) is 0. The van der Waals surface area contributed by atoms with Crippen LogP contribution >= 0.6 is 0 Å². The summed E-state index contributed by atoms with van der Waals surface area (Å²) < 4.78 is 0. The van der Waals surface area contributed by atoms with E-state index in [0.717, 1.165) is 12.1 Å². The number of likely N-dealkylation sites (N-methyl/N-ethyl adjacent to an activating group) is 1. The van der Waals surface area contributed by atoms with Crippen LogP contribution in [-0.4, -0.2) is 23.2 Å². The molecule has 0 fully saturated rings. The number of hydrogen-bond acceptors (Lipinski definition) is 3. The number of hydrogen-bond donors (Lipinski definition) is 2. The Morgan fingerprint density at radius 1 is 1.46 bits per heavy atom. The Morgan fingerprint density at radius 2 is 2.08 bits per heavy atom. The van der Waals surface area contributed by atoms with Gasteiger partial charge in [0.1, 0.15) is 0 Å². The zero-order chi connectivity index (χ0) is 9.73. The van der Waals surface area contributed by atoms with Crippen LogP contribution < -0.4 is 5.32 Å². The number of nitrogens with one attached hydrogen (secondary N) is 1. The van der Waals surface area contributed by atoms with Gasteiger partial charge in [0.25, 0.3) is 0 Å². The average Bonchev–Trinajstić information content (AvgIpc) is 2.16. The van der Waals surface area contributed by atoms with Gasteiger partial charge in [0.15, 0.2) is 0 Å². The molecular formula is C10H16N2O. The van der Waals surface area contributed by atoms with Gasteiger partial charge >= 0.3 is 0 Å². The van der Waals surface area contributed by atoms with Gasteiger partial charge in [-0.3, -0.25) is 4.98 Å². The van der Waals surface area contributed by atoms with Crippen LogP contribution in [0, 0.1) is 0 Å². The van der Waals surface area contributed by atoms with E-state index in [0.29, 0.717) is 6.54 Å². The van der Waals surface area contributed by atoms with Crippen LogP contribution in [0.4, 0.5) is 0 Å². The van der Waals surface area contributed by atoms with Gasteiger partial charge < -0.3 is 10.4 Å². The Morgan fingerprint density at radius 3 is 2.62 bits per heavy atom. The van der Waals surface area contributed by atoms with Crippen molar-refractivity contribution in [3.05, 3.63) is 30.1 Å². The molecule has 1 aromatic heterocycles. The Hall–Kier alpha value is -0.930. The largest absolute Gasteiger partial charge is 0.384 e. The fourth-order valence-corrected chi connectivity index (χ4v) is 1.18. The van der Waals surface area contributed by atoms with Crippen molar-refractivity contribution in [1.82, 2.24) is 10.3 Å². The maximum absolute atomic E-state index is 10.0. The first-order valence-corrected chi connectivity index (χ1v) is 4.50. The smallest absolute Gasteiger partial charge is 0.0993 e. The lowest BCUT2D eigenvalue weighted by atomic mass is 9.97. The van der Waals surface area contributed by atoms with Crippen LogP contribution in [0.2, 0.25) is 0 Å². The van der Waals surface area contributed by atoms with Crippen molar-refractivity contribution < 1.29 is 5.11 Å². The minimum atomic E-state index is -0.807. The standard InChI is InChI=1S/C10H16N2O/c1-3-11-8-10(2,13)9-4-6-12-7-5-9/h4-7,11,13H,3,8H2,1-2H3. The predicted molar refractivity (Wildman–Crippen MR) is 52.4 cm³/mol. The normalized spacial score (nSPS) is 15.3. The Balaban J connectivity index is 2.69. The molecule has 0 bridgehead atoms. The van der Waals surface area contributed by atoms with Gasteiger partial charge in [0.2, 0.25) is 0 Å². The summed E-state index contributed by atoms with van der Waals surface area (Å²) in [5, 5.41) is 13.1. The van der Waals surface area contributed by atoms with E-state index in [9.17, 15) is 5.11 Å². The van der Waals surface area contributed by atoms with Gasteiger partial charge in [-0.1, -0.05) is 6.92 Å². The second-order valence-corrected chi connectivity index (χ2v) is 3.29. The molecule has 72 valence electrons. The summed E-state index contributed by atoms with van der Waals surface area (Å²) in [5.41, 5.74) is 0.0855. The lowest BCUT2D eigenvalue weighted by molar-refractivity contribution is 0.0575. The SMILES string of the molecule is CCNCC(C)(O)c1ccncc1. The highest BCUT2D eigenvalue weighted by Gasteiger charge is 2.21. The molecule has 13 heavy (non-hydrogen) atoms. The molecule has 0 amide bonds. The van der Waals surface area contributed by atoms with Crippen LogP contribution in [0.5, 0.6) is 0 Å². The maximum Gasteiger partial charge on any atom is 0.0993 e. The number of nitrogens with zero attached hydrogens (tertiary/aromatic N) is 1. The lowest BCUT2D eigenvalue weighted by Crippen LogP contribution is -2.35. The van der Waals surface area contributed by atoms with E-state index < -0.39 is 5.60 Å². The van der Waals surface area contributed by atoms with Crippen LogP contribution in [0.25, 0.3) is 0 Å². The van der Waals surface area contributed by atoms with E-state index in [1.54, 1.807) is 19.3 Å². The quantitative estimate of drug-likeness (QED) is 0.723. The van der Waals surface area contributed by atoms with Crippen molar-refractivity contribution >= 4 is 0 Å². The molecule has 1 atom stereocenters. The summed E-state index contributed by atoms with van der Waals surface area (Å²) in [6, 6.07) is 3.66. The Bertz CT molecular complexity index is 246. The summed E-state index contributed by atoms with van der Waals surface area (Å²) in [6.07, 6.45) is 3.38. The van der Waals surface area contributed by atoms with Crippen LogP contribution in [0.3, 0.4) is 0 Å². The number of aliphatic hydroxyl groups is 1. The first-order valence-electron chi connectivity index (χ1n) is 4.50. The summed E-state index contributed by atoms with van der Waals surface area (Å²) in [6.45, 7) is 5.24. The molecule has 0 saturated carbocycles. The van der Waals surface area contributed by atoms with Gasteiger partial charge in [-0.25, -0.2) is 0 Å². The van der Waals surface area contributed by atoms with Crippen LogP contribution in [0.1, 0.15) is 19.4 Å². The molecule has 2 N–H and O–H groups in total. The maximum atomic E-state index is 10.0. The average molecular weight is 180 g/mol. The number of pyridine rings is 1. The van der Waals surface area contributed by atoms with Crippen LogP contribution in [0.15, 0.2) is 24.5 Å². The number of rotatable bonds is 4. The van der Waals surface area contributed by atoms with Gasteiger partial charge in [0, 0.05) is 18.9 Å². The zero-order valence-corrected chi connectivity index (χ0v) is 8.12. The van der Waals surface area contributed by atoms with E-state index in [-0.39, 0.29) is 0 Å². The van der Waals surface area contributed by atoms with E-state index in [1.807, 2.05) is 19.1 Å². The molecule has 1 aromatic rings. The summed E-state index contributed by atoms with van der Waals surface area (Å²) >= 11 is 0. The van der Waals surface area contributed by atoms with Crippen molar-refractivity contribution in [3.8, 4) is 0 Å². The van der Waals surface area contributed by atoms with E-state index in [4.69, 9.17) is 0 Å². The molecule has 0 saturated heterocycles. The third-order valence-corrected chi connectivity index (χ3v) is 2.02. The van der Waals surface area contributed by atoms with Crippen LogP contribution in [-0.2, 0) is 5.60 Å². The highest BCUT2D eigenvalue weighted by molar-refractivity contribution is 5.18. The molecule has 3 heteroatoms. The molecule has 0 spiro atoms. The molecule has 0 aliphatic rings. The second-order valence-electron chi connectivity index (χ2n) is 3.29. The van der Waals surface area contributed by atoms with E-state index in [2.05, 4.69) is 10.3 Å². The van der Waals surface area contributed by atoms with Crippen molar-refractivity contribution in [2.75, 3.05) is 13.1 Å². The highest BCUT2D eigenvalue weighted by Crippen LogP contribution is 2.17. The molecule has 0 aliphatic carbocycles. The van der Waals surface area contributed by atoms with Crippen molar-refractivity contribution in [1.29, 1.82) is 0 Å². The first-order chi connectivity index (χ1) is 6.17. The van der Waals surface area contributed by atoms with E-state index >= 15 is 0 Å². The second kappa shape index (κ2) is 4.35. The molecule has 1 rings (SSSR count). The molecule has 0 aliphatic heterocycles. The monoisotopic (exact) mass is 180 g/mol. The fraction of sp³-hybridized carbons (Fsp3) is 0.500. The molecule has 1 heterocycles. The lowest BCUT2D eigenvalue weighted by Gasteiger charge is -2.23.